The molecule has 0 saturated carbocycles. The van der Waals surface area contributed by atoms with E-state index in [1.54, 1.807) is 33.5 Å². The van der Waals surface area contributed by atoms with Gasteiger partial charge in [-0.2, -0.15) is 0 Å². The molecule has 0 amide bonds. The van der Waals surface area contributed by atoms with Crippen LogP contribution in [0.15, 0.2) is 36.4 Å². The molecule has 2 aromatic rings. The third-order valence-corrected chi connectivity index (χ3v) is 3.47. The van der Waals surface area contributed by atoms with Crippen LogP contribution in [0.5, 0.6) is 17.2 Å². The number of aryl methyl sites for hydroxylation is 1. The molecule has 0 aliphatic rings. The molecular weight excluding hydrogens is 268 g/mol. The zero-order valence-corrected chi connectivity index (χ0v) is 12.7. The smallest absolute Gasteiger partial charge is 0.128 e. The van der Waals surface area contributed by atoms with Crippen molar-refractivity contribution in [3.63, 3.8) is 0 Å². The van der Waals surface area contributed by atoms with Crippen LogP contribution in [-0.2, 0) is 0 Å². The van der Waals surface area contributed by atoms with E-state index in [1.807, 2.05) is 31.2 Å². The number of rotatable bonds is 5. The Morgan fingerprint density at radius 2 is 1.57 bits per heavy atom. The Hall–Kier alpha value is -2.20. The fraction of sp³-hybridized carbons (Fsp3) is 0.294. The van der Waals surface area contributed by atoms with Crippen molar-refractivity contribution in [2.75, 3.05) is 21.3 Å². The predicted octanol–water partition coefficient (Wildman–Crippen LogP) is 3.10. The molecule has 0 aromatic heterocycles. The third-order valence-electron chi connectivity index (χ3n) is 3.47. The second-order valence-electron chi connectivity index (χ2n) is 4.74. The minimum atomic E-state index is -0.768. The normalized spacial score (nSPS) is 11.9. The third kappa shape index (κ3) is 3.11. The molecule has 112 valence electrons. The minimum absolute atomic E-state index is 0.593. The van der Waals surface area contributed by atoms with E-state index in [1.165, 1.54) is 0 Å². The average Bonchev–Trinajstić information content (AvgIpc) is 2.53. The molecule has 2 rings (SSSR count). The van der Waals surface area contributed by atoms with Crippen molar-refractivity contribution >= 4 is 0 Å². The summed E-state index contributed by atoms with van der Waals surface area (Å²) in [5.74, 6) is 2.08. The second kappa shape index (κ2) is 6.50. The fourth-order valence-electron chi connectivity index (χ4n) is 2.30. The predicted molar refractivity (Wildman–Crippen MR) is 81.3 cm³/mol. The molecule has 0 aliphatic carbocycles. The van der Waals surface area contributed by atoms with Crippen LogP contribution in [0, 0.1) is 6.92 Å². The van der Waals surface area contributed by atoms with Crippen molar-refractivity contribution in [1.82, 2.24) is 0 Å². The Bertz CT molecular complexity index is 622. The summed E-state index contributed by atoms with van der Waals surface area (Å²) in [6, 6.07) is 11.0. The van der Waals surface area contributed by atoms with E-state index in [2.05, 4.69) is 0 Å². The first-order valence-corrected chi connectivity index (χ1v) is 6.65. The maximum Gasteiger partial charge on any atom is 0.128 e. The molecular formula is C17H20O4. The molecule has 1 N–H and O–H groups in total. The zero-order chi connectivity index (χ0) is 15.4. The molecule has 0 bridgehead atoms. The highest BCUT2D eigenvalue weighted by atomic mass is 16.5. The molecule has 1 atom stereocenters. The number of aliphatic hydroxyl groups excluding tert-OH is 1. The molecule has 0 fully saturated rings. The maximum atomic E-state index is 10.6. The molecule has 0 aliphatic heterocycles. The molecule has 0 radical (unpaired) electrons. The Labute approximate surface area is 124 Å². The summed E-state index contributed by atoms with van der Waals surface area (Å²) in [5, 5.41) is 10.6. The highest BCUT2D eigenvalue weighted by molar-refractivity contribution is 5.47. The van der Waals surface area contributed by atoms with Crippen molar-refractivity contribution in [3.8, 4) is 17.2 Å². The summed E-state index contributed by atoms with van der Waals surface area (Å²) in [6.07, 6.45) is -0.768. The Balaban J connectivity index is 2.39. The van der Waals surface area contributed by atoms with Crippen LogP contribution in [0.2, 0.25) is 0 Å². The van der Waals surface area contributed by atoms with Gasteiger partial charge in [0, 0.05) is 11.6 Å². The monoisotopic (exact) mass is 288 g/mol. The standard InChI is InChI=1S/C17H20O4/c1-11-9-12(5-8-15(11)20-3)17(18)14-7-6-13(19-2)10-16(14)21-4/h5-10,17-18H,1-4H3. The summed E-state index contributed by atoms with van der Waals surface area (Å²) in [7, 11) is 4.80. The van der Waals surface area contributed by atoms with Gasteiger partial charge < -0.3 is 19.3 Å². The van der Waals surface area contributed by atoms with Crippen LogP contribution >= 0.6 is 0 Å². The summed E-state index contributed by atoms with van der Waals surface area (Å²) >= 11 is 0. The molecule has 21 heavy (non-hydrogen) atoms. The number of methoxy groups -OCH3 is 3. The van der Waals surface area contributed by atoms with Crippen LogP contribution < -0.4 is 14.2 Å². The first-order chi connectivity index (χ1) is 10.1. The Kier molecular flexibility index (Phi) is 4.70. The van der Waals surface area contributed by atoms with Gasteiger partial charge in [-0.1, -0.05) is 6.07 Å². The highest BCUT2D eigenvalue weighted by Gasteiger charge is 2.17. The van der Waals surface area contributed by atoms with Crippen LogP contribution in [-0.4, -0.2) is 26.4 Å². The largest absolute Gasteiger partial charge is 0.497 e. The lowest BCUT2D eigenvalue weighted by molar-refractivity contribution is 0.214. The molecule has 4 nitrogen and oxygen atoms in total. The lowest BCUT2D eigenvalue weighted by atomic mass is 9.98. The van der Waals surface area contributed by atoms with Gasteiger partial charge in [-0.05, 0) is 42.3 Å². The SMILES string of the molecule is COc1ccc(C(O)c2ccc(OC)c(C)c2)c(OC)c1. The second-order valence-corrected chi connectivity index (χ2v) is 4.74. The first kappa shape index (κ1) is 15.2. The van der Waals surface area contributed by atoms with Gasteiger partial charge in [-0.25, -0.2) is 0 Å². The lowest BCUT2D eigenvalue weighted by Crippen LogP contribution is -2.03. The van der Waals surface area contributed by atoms with E-state index in [9.17, 15) is 5.11 Å². The molecule has 2 aromatic carbocycles. The van der Waals surface area contributed by atoms with Crippen molar-refractivity contribution in [3.05, 3.63) is 53.1 Å². The van der Waals surface area contributed by atoms with E-state index >= 15 is 0 Å². The molecule has 0 heterocycles. The topological polar surface area (TPSA) is 47.9 Å². The number of aliphatic hydroxyl groups is 1. The number of hydrogen-bond acceptors (Lipinski definition) is 4. The quantitative estimate of drug-likeness (QED) is 0.918. The summed E-state index contributed by atoms with van der Waals surface area (Å²) in [5.41, 5.74) is 2.46. The van der Waals surface area contributed by atoms with Crippen molar-refractivity contribution in [1.29, 1.82) is 0 Å². The summed E-state index contributed by atoms with van der Waals surface area (Å²) in [4.78, 5) is 0. The first-order valence-electron chi connectivity index (χ1n) is 6.65. The van der Waals surface area contributed by atoms with Crippen molar-refractivity contribution in [2.45, 2.75) is 13.0 Å². The Morgan fingerprint density at radius 3 is 2.14 bits per heavy atom. The van der Waals surface area contributed by atoms with E-state index in [4.69, 9.17) is 14.2 Å². The maximum absolute atomic E-state index is 10.6. The van der Waals surface area contributed by atoms with Crippen LogP contribution in [0.3, 0.4) is 0 Å². The van der Waals surface area contributed by atoms with E-state index in [-0.39, 0.29) is 0 Å². The number of hydrogen-bond donors (Lipinski definition) is 1. The molecule has 0 spiro atoms. The van der Waals surface area contributed by atoms with Gasteiger partial charge in [0.25, 0.3) is 0 Å². The van der Waals surface area contributed by atoms with Gasteiger partial charge in [0.2, 0.25) is 0 Å². The van der Waals surface area contributed by atoms with E-state index in [0.29, 0.717) is 17.1 Å². The number of ether oxygens (including phenoxy) is 3. The van der Waals surface area contributed by atoms with Crippen LogP contribution in [0.4, 0.5) is 0 Å². The van der Waals surface area contributed by atoms with Gasteiger partial charge in [0.15, 0.2) is 0 Å². The number of benzene rings is 2. The summed E-state index contributed by atoms with van der Waals surface area (Å²) < 4.78 is 15.7. The lowest BCUT2D eigenvalue weighted by Gasteiger charge is -2.17. The highest BCUT2D eigenvalue weighted by Crippen LogP contribution is 2.34. The minimum Gasteiger partial charge on any atom is -0.497 e. The molecule has 4 heteroatoms. The molecule has 1 unspecified atom stereocenters. The van der Waals surface area contributed by atoms with E-state index in [0.717, 1.165) is 16.9 Å². The molecule has 0 saturated heterocycles. The van der Waals surface area contributed by atoms with Gasteiger partial charge >= 0.3 is 0 Å². The average molecular weight is 288 g/mol. The van der Waals surface area contributed by atoms with Gasteiger partial charge in [0.05, 0.1) is 21.3 Å². The van der Waals surface area contributed by atoms with Gasteiger partial charge in [0.1, 0.15) is 23.4 Å². The zero-order valence-electron chi connectivity index (χ0n) is 12.7. The van der Waals surface area contributed by atoms with Gasteiger partial charge in [-0.15, -0.1) is 0 Å². The van der Waals surface area contributed by atoms with Gasteiger partial charge in [-0.3, -0.25) is 0 Å². The summed E-state index contributed by atoms with van der Waals surface area (Å²) in [6.45, 7) is 1.94. The van der Waals surface area contributed by atoms with Crippen molar-refractivity contribution in [2.24, 2.45) is 0 Å². The van der Waals surface area contributed by atoms with Crippen LogP contribution in [0.25, 0.3) is 0 Å². The fourth-order valence-corrected chi connectivity index (χ4v) is 2.30. The Morgan fingerprint density at radius 1 is 0.857 bits per heavy atom. The van der Waals surface area contributed by atoms with Crippen molar-refractivity contribution < 1.29 is 19.3 Å². The van der Waals surface area contributed by atoms with Crippen LogP contribution in [0.1, 0.15) is 22.8 Å². The van der Waals surface area contributed by atoms with E-state index < -0.39 is 6.10 Å².